The quantitative estimate of drug-likeness (QED) is 0.673. The van der Waals surface area contributed by atoms with E-state index in [4.69, 9.17) is 14.2 Å². The van der Waals surface area contributed by atoms with Gasteiger partial charge in [-0.1, -0.05) is 23.9 Å². The van der Waals surface area contributed by atoms with Crippen molar-refractivity contribution in [2.75, 3.05) is 38.8 Å². The van der Waals surface area contributed by atoms with Crippen LogP contribution in [-0.2, 0) is 4.79 Å². The molecule has 9 heteroatoms. The Morgan fingerprint density at radius 3 is 2.41 bits per heavy atom. The minimum atomic E-state index is -0.444. The highest BCUT2D eigenvalue weighted by Crippen LogP contribution is 2.47. The third-order valence-corrected chi connectivity index (χ3v) is 6.73. The maximum atomic E-state index is 14.3. The Morgan fingerprint density at radius 2 is 1.81 bits per heavy atom. The minimum absolute atomic E-state index is 0.108. The van der Waals surface area contributed by atoms with Gasteiger partial charge in [-0.3, -0.25) is 9.69 Å². The van der Waals surface area contributed by atoms with Gasteiger partial charge in [-0.15, -0.1) is 0 Å². The SMILES string of the molecule is COc1cc([C@@H]2CC(=O)N3CN(c4ccccc4F)CSC3=C2C#N)cc(OC)c1OC. The number of allylic oxidation sites excluding steroid dienone is 1. The number of nitrogens with zero attached hydrogens (tertiary/aromatic N) is 3. The van der Waals surface area contributed by atoms with Crippen LogP contribution >= 0.6 is 11.8 Å². The Labute approximate surface area is 190 Å². The Hall–Kier alpha value is -3.38. The van der Waals surface area contributed by atoms with Crippen LogP contribution in [0.25, 0.3) is 0 Å². The van der Waals surface area contributed by atoms with Crippen molar-refractivity contribution in [1.29, 1.82) is 5.26 Å². The van der Waals surface area contributed by atoms with Crippen molar-refractivity contribution in [3.05, 3.63) is 58.4 Å². The molecule has 0 aliphatic carbocycles. The van der Waals surface area contributed by atoms with Crippen LogP contribution in [0.4, 0.5) is 10.1 Å². The van der Waals surface area contributed by atoms with Gasteiger partial charge in [0.25, 0.3) is 0 Å². The molecule has 4 rings (SSSR count). The minimum Gasteiger partial charge on any atom is -0.493 e. The second kappa shape index (κ2) is 9.01. The number of thioether (sulfide) groups is 1. The highest BCUT2D eigenvalue weighted by atomic mass is 32.2. The van der Waals surface area contributed by atoms with Crippen LogP contribution in [0, 0.1) is 17.1 Å². The van der Waals surface area contributed by atoms with E-state index < -0.39 is 5.92 Å². The number of ether oxygens (including phenoxy) is 3. The molecule has 2 aromatic rings. The number of fused-ring (bicyclic) bond motifs is 1. The van der Waals surface area contributed by atoms with Crippen LogP contribution in [0.3, 0.4) is 0 Å². The van der Waals surface area contributed by atoms with E-state index in [1.807, 2.05) is 0 Å². The predicted molar refractivity (Wildman–Crippen MR) is 119 cm³/mol. The number of benzene rings is 2. The fourth-order valence-electron chi connectivity index (χ4n) is 4.01. The number of rotatable bonds is 5. The lowest BCUT2D eigenvalue weighted by Crippen LogP contribution is -2.47. The first-order valence-corrected chi connectivity index (χ1v) is 10.9. The lowest BCUT2D eigenvalue weighted by molar-refractivity contribution is -0.129. The first-order chi connectivity index (χ1) is 15.5. The number of methoxy groups -OCH3 is 3. The first-order valence-electron chi connectivity index (χ1n) is 9.89. The fraction of sp³-hybridized carbons (Fsp3) is 0.304. The van der Waals surface area contributed by atoms with E-state index in [9.17, 15) is 14.4 Å². The predicted octanol–water partition coefficient (Wildman–Crippen LogP) is 4.07. The zero-order valence-electron chi connectivity index (χ0n) is 17.9. The van der Waals surface area contributed by atoms with Gasteiger partial charge in [0.2, 0.25) is 11.7 Å². The molecule has 0 radical (unpaired) electrons. The lowest BCUT2D eigenvalue weighted by Gasteiger charge is -2.42. The molecule has 0 saturated carbocycles. The molecule has 2 aliphatic rings. The Bertz CT molecular complexity index is 1110. The smallest absolute Gasteiger partial charge is 0.229 e. The number of amides is 1. The molecule has 0 bridgehead atoms. The van der Waals surface area contributed by atoms with Crippen LogP contribution in [0.5, 0.6) is 17.2 Å². The van der Waals surface area contributed by atoms with Crippen LogP contribution in [-0.4, -0.2) is 44.7 Å². The van der Waals surface area contributed by atoms with Crippen molar-refractivity contribution in [3.63, 3.8) is 0 Å². The number of hydrogen-bond acceptors (Lipinski definition) is 7. The molecule has 0 N–H and O–H groups in total. The van der Waals surface area contributed by atoms with Crippen molar-refractivity contribution >= 4 is 23.4 Å². The molecule has 1 amide bonds. The fourth-order valence-corrected chi connectivity index (χ4v) is 5.17. The highest BCUT2D eigenvalue weighted by molar-refractivity contribution is 8.03. The summed E-state index contributed by atoms with van der Waals surface area (Å²) in [5.41, 5.74) is 1.66. The molecule has 166 valence electrons. The van der Waals surface area contributed by atoms with Gasteiger partial charge in [-0.2, -0.15) is 5.26 Å². The zero-order valence-corrected chi connectivity index (χ0v) is 18.7. The summed E-state index contributed by atoms with van der Waals surface area (Å²) in [4.78, 5) is 16.5. The Balaban J connectivity index is 1.72. The summed E-state index contributed by atoms with van der Waals surface area (Å²) in [6, 6.07) is 12.3. The Morgan fingerprint density at radius 1 is 1.12 bits per heavy atom. The van der Waals surface area contributed by atoms with E-state index in [1.165, 1.54) is 39.2 Å². The summed E-state index contributed by atoms with van der Waals surface area (Å²) >= 11 is 1.36. The summed E-state index contributed by atoms with van der Waals surface area (Å²) in [5, 5.41) is 10.6. The highest BCUT2D eigenvalue weighted by Gasteiger charge is 2.39. The third kappa shape index (κ3) is 3.71. The van der Waals surface area contributed by atoms with Crippen molar-refractivity contribution in [2.45, 2.75) is 12.3 Å². The molecule has 1 atom stereocenters. The molecule has 0 spiro atoms. The molecule has 2 aromatic carbocycles. The molecule has 2 aliphatic heterocycles. The van der Waals surface area contributed by atoms with Crippen molar-refractivity contribution in [3.8, 4) is 23.3 Å². The molecule has 32 heavy (non-hydrogen) atoms. The average Bonchev–Trinajstić information content (AvgIpc) is 2.83. The van der Waals surface area contributed by atoms with Gasteiger partial charge in [0.1, 0.15) is 5.82 Å². The number of para-hydroxylation sites is 1. The van der Waals surface area contributed by atoms with Crippen LogP contribution < -0.4 is 19.1 Å². The second-order valence-corrected chi connectivity index (χ2v) is 8.21. The monoisotopic (exact) mass is 455 g/mol. The van der Waals surface area contributed by atoms with Crippen molar-refractivity contribution in [1.82, 2.24) is 4.90 Å². The number of nitriles is 1. The molecule has 7 nitrogen and oxygen atoms in total. The van der Waals surface area contributed by atoms with Crippen molar-refractivity contribution < 1.29 is 23.4 Å². The molecule has 1 saturated heterocycles. The van der Waals surface area contributed by atoms with Crippen LogP contribution in [0.2, 0.25) is 0 Å². The maximum absolute atomic E-state index is 14.3. The second-order valence-electron chi connectivity index (χ2n) is 7.27. The number of hydrogen-bond donors (Lipinski definition) is 0. The topological polar surface area (TPSA) is 75.0 Å². The van der Waals surface area contributed by atoms with Crippen molar-refractivity contribution in [2.24, 2.45) is 0 Å². The van der Waals surface area contributed by atoms with E-state index in [-0.39, 0.29) is 24.8 Å². The van der Waals surface area contributed by atoms with Gasteiger partial charge in [0, 0.05) is 12.3 Å². The zero-order chi connectivity index (χ0) is 22.8. The average molecular weight is 456 g/mol. The largest absolute Gasteiger partial charge is 0.493 e. The van der Waals surface area contributed by atoms with Gasteiger partial charge >= 0.3 is 0 Å². The number of anilines is 1. The van der Waals surface area contributed by atoms with Gasteiger partial charge < -0.3 is 19.1 Å². The molecule has 0 aromatic heterocycles. The normalized spacial score (nSPS) is 18.2. The van der Waals surface area contributed by atoms with Gasteiger partial charge in [-0.05, 0) is 29.8 Å². The third-order valence-electron chi connectivity index (χ3n) is 5.58. The van der Waals surface area contributed by atoms with E-state index in [0.29, 0.717) is 39.4 Å². The van der Waals surface area contributed by atoms with Crippen LogP contribution in [0.1, 0.15) is 17.9 Å². The summed E-state index contributed by atoms with van der Waals surface area (Å²) in [6.07, 6.45) is 0.108. The summed E-state index contributed by atoms with van der Waals surface area (Å²) < 4.78 is 30.5. The van der Waals surface area contributed by atoms with E-state index >= 15 is 0 Å². The maximum Gasteiger partial charge on any atom is 0.229 e. The van der Waals surface area contributed by atoms with Crippen LogP contribution in [0.15, 0.2) is 47.0 Å². The standard InChI is InChI=1S/C23H22FN3O4S/c1-29-19-8-14(9-20(30-2)22(19)31-3)15-10-21(28)27-12-26(13-32-23(27)16(15)11-25)18-7-5-4-6-17(18)24/h4-9,15H,10,12-13H2,1-3H3/t15-/m0/s1. The van der Waals surface area contributed by atoms with E-state index in [2.05, 4.69) is 6.07 Å². The Kier molecular flexibility index (Phi) is 6.15. The summed E-state index contributed by atoms with van der Waals surface area (Å²) in [6.45, 7) is 0.190. The molecule has 1 fully saturated rings. The number of carbonyl (C=O) groups is 1. The molecule has 2 heterocycles. The molecule has 0 unspecified atom stereocenters. The summed E-state index contributed by atoms with van der Waals surface area (Å²) in [5.74, 6) is 0.864. The van der Waals surface area contributed by atoms with Gasteiger partial charge in [0.15, 0.2) is 11.5 Å². The molecular formula is C23H22FN3O4S. The summed E-state index contributed by atoms with van der Waals surface area (Å²) in [7, 11) is 4.56. The number of halogens is 1. The van der Waals surface area contributed by atoms with Gasteiger partial charge in [-0.25, -0.2) is 4.39 Å². The first kappa shape index (κ1) is 21.8. The molecular weight excluding hydrogens is 433 g/mol. The van der Waals surface area contributed by atoms with E-state index in [0.717, 1.165) is 5.56 Å². The van der Waals surface area contributed by atoms with Gasteiger partial charge in [0.05, 0.1) is 56.2 Å². The number of carbonyl (C=O) groups excluding carboxylic acids is 1. The lowest BCUT2D eigenvalue weighted by atomic mass is 9.86. The van der Waals surface area contributed by atoms with E-state index in [1.54, 1.807) is 40.1 Å².